The summed E-state index contributed by atoms with van der Waals surface area (Å²) < 4.78 is 1.62. The number of anilines is 2. The van der Waals surface area contributed by atoms with E-state index >= 15 is 0 Å². The summed E-state index contributed by atoms with van der Waals surface area (Å²) in [7, 11) is 0. The molecule has 1 aromatic heterocycles. The second-order valence-corrected chi connectivity index (χ2v) is 8.54. The molecule has 2 aliphatic rings. The molecule has 0 aliphatic carbocycles. The predicted molar refractivity (Wildman–Crippen MR) is 127 cm³/mol. The number of carbonyl (C=O) groups excluding carboxylic acids is 3. The molecule has 3 aromatic rings. The highest BCUT2D eigenvalue weighted by Crippen LogP contribution is 2.27. The molecule has 3 amide bonds. The molecule has 9 nitrogen and oxygen atoms in total. The van der Waals surface area contributed by atoms with Crippen molar-refractivity contribution >= 4 is 29.6 Å². The number of para-hydroxylation sites is 1. The highest BCUT2D eigenvalue weighted by molar-refractivity contribution is 6.08. The minimum absolute atomic E-state index is 0.00842. The molecule has 1 saturated heterocycles. The lowest BCUT2D eigenvalue weighted by Gasteiger charge is -2.35. The fourth-order valence-electron chi connectivity index (χ4n) is 4.49. The number of fused-ring (bicyclic) bond motifs is 1. The Hall–Kier alpha value is -4.14. The summed E-state index contributed by atoms with van der Waals surface area (Å²) in [4.78, 5) is 42.5. The van der Waals surface area contributed by atoms with Gasteiger partial charge in [0.05, 0.1) is 5.56 Å². The van der Waals surface area contributed by atoms with Crippen LogP contribution in [0.4, 0.5) is 11.4 Å². The van der Waals surface area contributed by atoms with Crippen LogP contribution in [0.25, 0.3) is 0 Å². The van der Waals surface area contributed by atoms with Gasteiger partial charge in [0.2, 0.25) is 12.3 Å². The van der Waals surface area contributed by atoms with Gasteiger partial charge >= 0.3 is 0 Å². The molecule has 34 heavy (non-hydrogen) atoms. The van der Waals surface area contributed by atoms with Gasteiger partial charge in [-0.25, -0.2) is 0 Å². The Labute approximate surface area is 197 Å². The SMILES string of the molecule is O=CN1CCN(c2ccccc2C(=O)Nc2ccc3c(c2)CN(C(=O)Cn2cccn2)C3)CC1. The van der Waals surface area contributed by atoms with Crippen LogP contribution in [0.1, 0.15) is 21.5 Å². The number of piperazine rings is 1. The van der Waals surface area contributed by atoms with E-state index in [0.717, 1.165) is 23.2 Å². The highest BCUT2D eigenvalue weighted by Gasteiger charge is 2.25. The van der Waals surface area contributed by atoms with Crippen LogP contribution in [-0.2, 0) is 29.2 Å². The van der Waals surface area contributed by atoms with E-state index in [0.29, 0.717) is 50.5 Å². The second kappa shape index (κ2) is 9.38. The number of carbonyl (C=O) groups is 3. The van der Waals surface area contributed by atoms with Crippen molar-refractivity contribution in [1.82, 2.24) is 19.6 Å². The van der Waals surface area contributed by atoms with Crippen LogP contribution in [0.5, 0.6) is 0 Å². The van der Waals surface area contributed by atoms with Crippen LogP contribution < -0.4 is 10.2 Å². The number of aromatic nitrogens is 2. The van der Waals surface area contributed by atoms with Crippen molar-refractivity contribution in [1.29, 1.82) is 0 Å². The predicted octanol–water partition coefficient (Wildman–Crippen LogP) is 1.96. The van der Waals surface area contributed by atoms with E-state index in [1.165, 1.54) is 0 Å². The third kappa shape index (κ3) is 4.50. The van der Waals surface area contributed by atoms with Crippen LogP contribution in [0.3, 0.4) is 0 Å². The molecule has 0 bridgehead atoms. The maximum Gasteiger partial charge on any atom is 0.257 e. The number of nitrogens with one attached hydrogen (secondary N) is 1. The molecule has 0 spiro atoms. The smallest absolute Gasteiger partial charge is 0.257 e. The Kier molecular flexibility index (Phi) is 5.99. The summed E-state index contributed by atoms with van der Waals surface area (Å²) in [6.07, 6.45) is 4.30. The number of hydrogen-bond acceptors (Lipinski definition) is 5. The van der Waals surface area contributed by atoms with Crippen molar-refractivity contribution in [3.05, 3.63) is 77.6 Å². The maximum absolute atomic E-state index is 13.2. The Balaban J connectivity index is 1.26. The summed E-state index contributed by atoms with van der Waals surface area (Å²) in [6.45, 7) is 3.92. The molecule has 0 radical (unpaired) electrons. The number of nitrogens with zero attached hydrogens (tertiary/aromatic N) is 5. The average molecular weight is 459 g/mol. The van der Waals surface area contributed by atoms with Crippen molar-refractivity contribution < 1.29 is 14.4 Å². The third-order valence-corrected chi connectivity index (χ3v) is 6.35. The van der Waals surface area contributed by atoms with Crippen molar-refractivity contribution in [3.8, 4) is 0 Å². The number of hydrogen-bond donors (Lipinski definition) is 1. The number of benzene rings is 2. The lowest BCUT2D eigenvalue weighted by molar-refractivity contribution is -0.132. The first-order valence-corrected chi connectivity index (χ1v) is 11.3. The fraction of sp³-hybridized carbons (Fsp3) is 0.280. The lowest BCUT2D eigenvalue weighted by atomic mass is 10.1. The van der Waals surface area contributed by atoms with Gasteiger partial charge in [0.15, 0.2) is 0 Å². The normalized spacial score (nSPS) is 15.2. The first-order valence-electron chi connectivity index (χ1n) is 11.3. The van der Waals surface area contributed by atoms with Gasteiger partial charge in [-0.3, -0.25) is 19.1 Å². The Morgan fingerprint density at radius 2 is 1.76 bits per heavy atom. The van der Waals surface area contributed by atoms with E-state index in [1.54, 1.807) is 32.9 Å². The van der Waals surface area contributed by atoms with Gasteiger partial charge in [-0.05, 0) is 41.5 Å². The molecular weight excluding hydrogens is 432 g/mol. The van der Waals surface area contributed by atoms with Crippen LogP contribution in [0.15, 0.2) is 60.9 Å². The van der Waals surface area contributed by atoms with Crippen LogP contribution in [0, 0.1) is 0 Å². The van der Waals surface area contributed by atoms with Gasteiger partial charge < -0.3 is 20.0 Å². The summed E-state index contributed by atoms with van der Waals surface area (Å²) >= 11 is 0. The zero-order valence-corrected chi connectivity index (χ0v) is 18.8. The molecule has 0 saturated carbocycles. The molecule has 5 rings (SSSR count). The summed E-state index contributed by atoms with van der Waals surface area (Å²) in [6, 6.07) is 15.1. The first-order chi connectivity index (χ1) is 16.6. The molecule has 2 aromatic carbocycles. The summed E-state index contributed by atoms with van der Waals surface area (Å²) in [5, 5.41) is 7.12. The fourth-order valence-corrected chi connectivity index (χ4v) is 4.49. The van der Waals surface area contributed by atoms with Crippen LogP contribution in [0.2, 0.25) is 0 Å². The van der Waals surface area contributed by atoms with Crippen LogP contribution in [-0.4, -0.2) is 64.0 Å². The van der Waals surface area contributed by atoms with Gasteiger partial charge in [0.1, 0.15) is 6.54 Å². The van der Waals surface area contributed by atoms with Crippen molar-refractivity contribution in [2.75, 3.05) is 36.4 Å². The molecule has 9 heteroatoms. The number of amides is 3. The Morgan fingerprint density at radius 3 is 2.53 bits per heavy atom. The minimum atomic E-state index is -0.182. The third-order valence-electron chi connectivity index (χ3n) is 6.35. The standard InChI is InChI=1S/C25H26N6O3/c32-18-28-10-12-29(13-11-28)23-5-2-1-4-22(23)25(34)27-21-7-6-19-15-30(16-20(19)14-21)24(33)17-31-9-3-8-26-31/h1-9,14,18H,10-13,15-17H2,(H,27,34). The van der Waals surface area contributed by atoms with Gasteiger partial charge in [-0.1, -0.05) is 18.2 Å². The molecule has 1 fully saturated rings. The summed E-state index contributed by atoms with van der Waals surface area (Å²) in [5.74, 6) is -0.174. The second-order valence-electron chi connectivity index (χ2n) is 8.54. The zero-order valence-electron chi connectivity index (χ0n) is 18.8. The highest BCUT2D eigenvalue weighted by atomic mass is 16.2. The molecule has 1 N–H and O–H groups in total. The quantitative estimate of drug-likeness (QED) is 0.571. The van der Waals surface area contributed by atoms with Gasteiger partial charge in [0, 0.05) is 63.0 Å². The maximum atomic E-state index is 13.2. The summed E-state index contributed by atoms with van der Waals surface area (Å²) in [5.41, 5.74) is 4.27. The van der Waals surface area contributed by atoms with Gasteiger partial charge in [-0.2, -0.15) is 5.10 Å². The van der Waals surface area contributed by atoms with Gasteiger partial charge in [0.25, 0.3) is 5.91 Å². The van der Waals surface area contributed by atoms with Crippen molar-refractivity contribution in [2.24, 2.45) is 0 Å². The van der Waals surface area contributed by atoms with E-state index in [2.05, 4.69) is 15.3 Å². The lowest BCUT2D eigenvalue weighted by Crippen LogP contribution is -2.46. The first kappa shape index (κ1) is 21.7. The Morgan fingerprint density at radius 1 is 0.971 bits per heavy atom. The molecule has 2 aliphatic heterocycles. The van der Waals surface area contributed by atoms with E-state index in [9.17, 15) is 14.4 Å². The molecule has 3 heterocycles. The van der Waals surface area contributed by atoms with E-state index in [-0.39, 0.29) is 18.4 Å². The average Bonchev–Trinajstić information content (AvgIpc) is 3.53. The van der Waals surface area contributed by atoms with Crippen molar-refractivity contribution in [3.63, 3.8) is 0 Å². The zero-order chi connectivity index (χ0) is 23.5. The monoisotopic (exact) mass is 458 g/mol. The largest absolute Gasteiger partial charge is 0.367 e. The Bertz CT molecular complexity index is 1200. The molecule has 0 unspecified atom stereocenters. The number of rotatable bonds is 6. The van der Waals surface area contributed by atoms with E-state index < -0.39 is 0 Å². The van der Waals surface area contributed by atoms with E-state index in [1.807, 2.05) is 42.5 Å². The molecule has 174 valence electrons. The topological polar surface area (TPSA) is 90.8 Å². The van der Waals surface area contributed by atoms with Gasteiger partial charge in [-0.15, -0.1) is 0 Å². The molecular formula is C25H26N6O3. The minimum Gasteiger partial charge on any atom is -0.367 e. The van der Waals surface area contributed by atoms with Crippen LogP contribution >= 0.6 is 0 Å². The molecule has 0 atom stereocenters. The van der Waals surface area contributed by atoms with E-state index in [4.69, 9.17) is 0 Å². The van der Waals surface area contributed by atoms with Crippen molar-refractivity contribution in [2.45, 2.75) is 19.6 Å².